The van der Waals surface area contributed by atoms with E-state index < -0.39 is 28.7 Å². The number of ether oxygens (including phenoxy) is 5. The molecule has 0 unspecified atom stereocenters. The Kier molecular flexibility index (Phi) is 30.9. The predicted molar refractivity (Wildman–Crippen MR) is 481 cm³/mol. The minimum Gasteiger partial charge on any atom is -0.453 e. The van der Waals surface area contributed by atoms with Crippen LogP contribution in [0.25, 0.3) is 62.4 Å². The highest BCUT2D eigenvalue weighted by Crippen LogP contribution is 2.43. The average Bonchev–Trinajstić information content (AvgIpc) is 1.65. The number of benzene rings is 3. The number of anilines is 2. The van der Waals surface area contributed by atoms with Gasteiger partial charge in [0.15, 0.2) is 40.5 Å². The molecular weight excluding hydrogens is 1670 g/mol. The minimum atomic E-state index is -0.572. The van der Waals surface area contributed by atoms with Crippen LogP contribution >= 0.6 is 34.0 Å². The van der Waals surface area contributed by atoms with Gasteiger partial charge in [-0.15, -0.1) is 34.0 Å². The normalized spacial score (nSPS) is 11.3. The molecule has 2 amide bonds. The fourth-order valence-corrected chi connectivity index (χ4v) is 15.8. The van der Waals surface area contributed by atoms with Gasteiger partial charge in [0.05, 0.1) is 99.7 Å². The number of carbonyl (C=O) groups excluding carboxylic acids is 4. The van der Waals surface area contributed by atoms with Crippen LogP contribution in [-0.2, 0) is 64.4 Å². The molecule has 654 valence electrons. The van der Waals surface area contributed by atoms with Crippen molar-refractivity contribution in [1.82, 2.24) is 60.5 Å². The number of nitrogens with one attached hydrogen (secondary N) is 1. The molecule has 12 heterocycles. The first-order valence-electron chi connectivity index (χ1n) is 40.8. The highest BCUT2D eigenvalue weighted by Gasteiger charge is 2.26. The molecule has 0 aliphatic carbocycles. The fourth-order valence-electron chi connectivity index (χ4n) is 12.7. The van der Waals surface area contributed by atoms with Crippen molar-refractivity contribution < 1.29 is 69.6 Å². The zero-order valence-electron chi connectivity index (χ0n) is 71.8. The van der Waals surface area contributed by atoms with Crippen molar-refractivity contribution in [2.75, 3.05) is 31.1 Å². The van der Waals surface area contributed by atoms with Crippen LogP contribution in [-0.4, -0.2) is 110 Å². The van der Waals surface area contributed by atoms with E-state index in [4.69, 9.17) is 44.2 Å². The Morgan fingerprint density at radius 3 is 1.11 bits per heavy atom. The quantitative estimate of drug-likeness (QED) is 0.0289. The molecule has 0 saturated carbocycles. The third kappa shape index (κ3) is 26.2. The summed E-state index contributed by atoms with van der Waals surface area (Å²) in [4.78, 5) is 83.4. The molecule has 126 heavy (non-hydrogen) atoms. The van der Waals surface area contributed by atoms with Crippen LogP contribution < -0.4 is 31.0 Å². The molecule has 15 rings (SSSR count). The van der Waals surface area contributed by atoms with Crippen LogP contribution in [0, 0.1) is 38.2 Å². The summed E-state index contributed by atoms with van der Waals surface area (Å²) in [7, 11) is 0. The molecule has 0 atom stereocenters. The number of hydrogen-bond acceptors (Lipinski definition) is 27. The molecule has 5 N–H and O–H groups in total. The number of aromatic nitrogens is 9. The van der Waals surface area contributed by atoms with Gasteiger partial charge >= 0.3 is 12.2 Å². The molecule has 0 bridgehead atoms. The highest BCUT2D eigenvalue weighted by molar-refractivity contribution is 7.23. The van der Waals surface area contributed by atoms with Gasteiger partial charge in [-0.2, -0.15) is 0 Å². The Morgan fingerprint density at radius 1 is 0.421 bits per heavy atom. The maximum atomic E-state index is 15.1. The summed E-state index contributed by atoms with van der Waals surface area (Å²) in [6.07, 6.45) is 12.7. The molecule has 0 saturated heterocycles. The monoisotopic (exact) mass is 1770 g/mol. The van der Waals surface area contributed by atoms with Crippen molar-refractivity contribution in [2.24, 2.45) is 0 Å². The van der Waals surface area contributed by atoms with Crippen LogP contribution in [0.2, 0.25) is 0 Å². The van der Waals surface area contributed by atoms with Gasteiger partial charge in [-0.1, -0.05) is 66.6 Å². The van der Waals surface area contributed by atoms with E-state index in [0.29, 0.717) is 94.5 Å². The maximum absolute atomic E-state index is 15.1. The van der Waals surface area contributed by atoms with Gasteiger partial charge in [0.25, 0.3) is 0 Å². The standard InChI is InChI=1S/C34H35FN4O5S.C29H27FN4O3S.C27H29FN4O3S.C4H6N2O/c1-6-13-39(33(41)43-34(3,4)5)20-23-7-9-27(37-19-23)31-18-28-32(45-31)30(11-12-36-28)42-29-10-8-22(16-26(29)35)15-25(40)17-24-14-21(2)44-38-24;1-3-9-31-16-20-4-6-24(33-17-20)28-15-25-29(38-28)27(8-10-32-25)36-26-7-5-19(13-23(26)30)12-22(35)14-21-11-18(2)37-34-21;1-5-12-32(26(33)35-27(2,3)4)16-17-6-8-20(31-15-17)24-14-21-25(36-24)23(10-11-30-21)34-22-9-7-18(29)13-19(22)28;1-3-2-4(5)6-7-3/h7-12,14,16,18-19H,6,13,15,17,20H2,1-5H3;4-8,10-11,13,15,17,31H,3,9,12,14,16H2,1-2H3;6-11,13-15H,5,12,16,29H2,1-4H3;2H,1H3,(H2,5,6). The lowest BCUT2D eigenvalue weighted by molar-refractivity contribution is -0.118. The molecule has 0 aliphatic heterocycles. The minimum absolute atomic E-state index is 0.0462. The summed E-state index contributed by atoms with van der Waals surface area (Å²) in [6.45, 7) is 26.3. The first-order chi connectivity index (χ1) is 60.4. The lowest BCUT2D eigenvalue weighted by Gasteiger charge is -2.27. The van der Waals surface area contributed by atoms with Crippen molar-refractivity contribution in [3.05, 3.63) is 257 Å². The van der Waals surface area contributed by atoms with Gasteiger partial charge in [-0.25, -0.2) is 22.8 Å². The number of nitrogens with zero attached hydrogens (tertiary/aromatic N) is 11. The Morgan fingerprint density at radius 2 is 0.794 bits per heavy atom. The van der Waals surface area contributed by atoms with Gasteiger partial charge in [0, 0.05) is 118 Å². The van der Waals surface area contributed by atoms with E-state index in [1.54, 1.807) is 122 Å². The number of halogens is 3. The molecule has 12 aromatic heterocycles. The number of Topliss-reactive ketones (excluding diaryl/α,β-unsaturated/α-hetero) is 2. The molecule has 0 aliphatic rings. The summed E-state index contributed by atoms with van der Waals surface area (Å²) in [5, 5.41) is 14.5. The number of nitrogens with two attached hydrogens (primary N) is 2. The van der Waals surface area contributed by atoms with Crippen molar-refractivity contribution >= 4 is 99.9 Å². The number of thiophene rings is 3. The van der Waals surface area contributed by atoms with E-state index in [1.807, 2.05) is 110 Å². The number of ketones is 2. The lowest BCUT2D eigenvalue weighted by atomic mass is 10.1. The number of rotatable bonds is 29. The van der Waals surface area contributed by atoms with Gasteiger partial charge in [-0.3, -0.25) is 39.5 Å². The van der Waals surface area contributed by atoms with E-state index in [9.17, 15) is 28.0 Å². The van der Waals surface area contributed by atoms with E-state index in [-0.39, 0.29) is 66.7 Å². The number of fused-ring (bicyclic) bond motifs is 3. The largest absolute Gasteiger partial charge is 0.453 e. The summed E-state index contributed by atoms with van der Waals surface area (Å²) in [6, 6.07) is 41.2. The molecule has 15 aromatic rings. The average molecular weight is 1770 g/mol. The predicted octanol–water partition coefficient (Wildman–Crippen LogP) is 22.1. The molecule has 0 fully saturated rings. The summed E-state index contributed by atoms with van der Waals surface area (Å²) in [5.74, 6) is 2.36. The topological polar surface area (TPSA) is 340 Å². The SMILES string of the molecule is CCCN(Cc1ccc(-c2cc3nccc(Oc4ccc(CC(=O)Cc5cc(C)on5)cc4F)c3s2)nc1)C(=O)OC(C)(C)C.CCCN(Cc1ccc(-c2cc3nccc(Oc4ccc(N)cc4F)c3s2)nc1)C(=O)OC(C)(C)C.CCCNCc1ccc(-c2cc3nccc(Oc4ccc(CC(=O)Cc5cc(C)on5)cc4F)c3s2)nc1.Cc1cc(N)no1. The zero-order chi connectivity index (χ0) is 89.8. The highest BCUT2D eigenvalue weighted by atomic mass is 32.1. The molecule has 3 aromatic carbocycles. The van der Waals surface area contributed by atoms with Crippen LogP contribution in [0.1, 0.15) is 138 Å². The Bertz CT molecular complexity index is 6220. The fraction of sp³-hybridized carbons (Fsp3) is 0.287. The Hall–Kier alpha value is -13.3. The summed E-state index contributed by atoms with van der Waals surface area (Å²) in [5.41, 5.74) is 19.7. The number of carbonyl (C=O) groups is 4. The molecular formula is C94H97F3N14O12S3. The second-order valence-electron chi connectivity index (χ2n) is 31.6. The van der Waals surface area contributed by atoms with Crippen LogP contribution in [0.3, 0.4) is 0 Å². The van der Waals surface area contributed by atoms with Crippen molar-refractivity contribution in [3.8, 4) is 66.2 Å². The van der Waals surface area contributed by atoms with Gasteiger partial charge in [-0.05, 0) is 189 Å². The van der Waals surface area contributed by atoms with E-state index in [1.165, 1.54) is 64.3 Å². The Labute approximate surface area is 738 Å². The van der Waals surface area contributed by atoms with Crippen LogP contribution in [0.15, 0.2) is 196 Å². The lowest BCUT2D eigenvalue weighted by Crippen LogP contribution is -2.36. The first-order valence-corrected chi connectivity index (χ1v) is 43.2. The van der Waals surface area contributed by atoms with Crippen molar-refractivity contribution in [3.63, 3.8) is 0 Å². The van der Waals surface area contributed by atoms with Gasteiger partial charge < -0.3 is 63.8 Å². The molecule has 0 radical (unpaired) electrons. The van der Waals surface area contributed by atoms with E-state index >= 15 is 4.39 Å². The molecule has 32 heteroatoms. The number of amides is 2. The molecule has 26 nitrogen and oxygen atoms in total. The second-order valence-corrected chi connectivity index (χ2v) is 34.7. The van der Waals surface area contributed by atoms with E-state index in [2.05, 4.69) is 68.2 Å². The number of hydrogen-bond donors (Lipinski definition) is 3. The number of aryl methyl sites for hydroxylation is 3. The number of pyridine rings is 6. The van der Waals surface area contributed by atoms with Crippen molar-refractivity contribution in [2.45, 2.75) is 159 Å². The van der Waals surface area contributed by atoms with Crippen molar-refractivity contribution in [1.29, 1.82) is 0 Å². The first kappa shape index (κ1) is 91.9. The van der Waals surface area contributed by atoms with E-state index in [0.717, 1.165) is 112 Å². The third-order valence-corrected chi connectivity index (χ3v) is 21.8. The third-order valence-electron chi connectivity index (χ3n) is 18.3. The second kappa shape index (κ2) is 42.4. The maximum Gasteiger partial charge on any atom is 0.410 e. The molecule has 0 spiro atoms. The van der Waals surface area contributed by atoms with Crippen LogP contribution in [0.5, 0.6) is 34.5 Å². The summed E-state index contributed by atoms with van der Waals surface area (Å²) < 4.78 is 90.1. The summed E-state index contributed by atoms with van der Waals surface area (Å²) >= 11 is 4.40. The smallest absolute Gasteiger partial charge is 0.410 e. The zero-order valence-corrected chi connectivity index (χ0v) is 74.3. The Balaban J connectivity index is 0.000000166. The van der Waals surface area contributed by atoms with Gasteiger partial charge in [0.2, 0.25) is 0 Å². The van der Waals surface area contributed by atoms with Crippen LogP contribution in [0.4, 0.5) is 34.3 Å². The van der Waals surface area contributed by atoms with Gasteiger partial charge in [0.1, 0.15) is 57.3 Å². The number of nitrogen functional groups attached to an aromatic ring is 2.